The first-order valence-corrected chi connectivity index (χ1v) is 11.9. The summed E-state index contributed by atoms with van der Waals surface area (Å²) in [6.45, 7) is 1.62. The first-order chi connectivity index (χ1) is 16.4. The van der Waals surface area contributed by atoms with Gasteiger partial charge in [-0.3, -0.25) is 14.4 Å². The zero-order valence-corrected chi connectivity index (χ0v) is 19.5. The lowest BCUT2D eigenvalue weighted by molar-refractivity contribution is -0.140. The molecule has 4 atom stereocenters. The van der Waals surface area contributed by atoms with Gasteiger partial charge in [-0.25, -0.2) is 0 Å². The van der Waals surface area contributed by atoms with Crippen LogP contribution in [0.1, 0.15) is 60.9 Å². The molecule has 1 aliphatic heterocycles. The molecule has 1 heterocycles. The van der Waals surface area contributed by atoms with Crippen molar-refractivity contribution in [3.05, 3.63) is 34.9 Å². The summed E-state index contributed by atoms with van der Waals surface area (Å²) in [5, 5.41) is 23.4. The van der Waals surface area contributed by atoms with Gasteiger partial charge < -0.3 is 29.9 Å². The van der Waals surface area contributed by atoms with Crippen molar-refractivity contribution in [1.29, 1.82) is 0 Å². The molecule has 2 amide bonds. The number of carbonyl (C=O) groups is 3. The number of ether oxygens (including phenoxy) is 2. The molecular formula is C25H32N2O7. The number of nitrogens with zero attached hydrogens (tertiary/aromatic N) is 1. The summed E-state index contributed by atoms with van der Waals surface area (Å²) in [5.74, 6) is -0.445. The third kappa shape index (κ3) is 4.18. The van der Waals surface area contributed by atoms with Crippen molar-refractivity contribution < 1.29 is 34.1 Å². The fourth-order valence-corrected chi connectivity index (χ4v) is 5.51. The predicted molar refractivity (Wildman–Crippen MR) is 123 cm³/mol. The highest BCUT2D eigenvalue weighted by molar-refractivity contribution is 5.96. The molecule has 1 fully saturated rings. The molecule has 0 spiro atoms. The summed E-state index contributed by atoms with van der Waals surface area (Å²) >= 11 is 0. The van der Waals surface area contributed by atoms with Crippen molar-refractivity contribution in [3.8, 4) is 11.5 Å². The molecule has 4 rings (SSSR count). The average molecular weight is 473 g/mol. The van der Waals surface area contributed by atoms with Crippen LogP contribution in [0.15, 0.2) is 23.8 Å². The monoisotopic (exact) mass is 472 g/mol. The minimum Gasteiger partial charge on any atom is -0.493 e. The van der Waals surface area contributed by atoms with Gasteiger partial charge in [0.05, 0.1) is 25.7 Å². The highest BCUT2D eigenvalue weighted by Crippen LogP contribution is 2.51. The highest BCUT2D eigenvalue weighted by atomic mass is 16.5. The van der Waals surface area contributed by atoms with Gasteiger partial charge in [0.25, 0.3) is 0 Å². The van der Waals surface area contributed by atoms with Gasteiger partial charge in [-0.1, -0.05) is 19.8 Å². The molecule has 184 valence electrons. The Balaban J connectivity index is 1.82. The molecule has 9 nitrogen and oxygen atoms in total. The van der Waals surface area contributed by atoms with Gasteiger partial charge in [-0.05, 0) is 31.1 Å². The van der Waals surface area contributed by atoms with Crippen LogP contribution in [0.5, 0.6) is 11.5 Å². The first kappa shape index (κ1) is 24.2. The van der Waals surface area contributed by atoms with E-state index < -0.39 is 30.1 Å². The van der Waals surface area contributed by atoms with E-state index >= 15 is 0 Å². The van der Waals surface area contributed by atoms with Gasteiger partial charge in [-0.2, -0.15) is 0 Å². The second-order valence-electron chi connectivity index (χ2n) is 9.00. The van der Waals surface area contributed by atoms with E-state index in [0.29, 0.717) is 34.5 Å². The van der Waals surface area contributed by atoms with Crippen LogP contribution in [0.3, 0.4) is 0 Å². The number of fused-ring (bicyclic) bond motifs is 3. The Labute approximate surface area is 198 Å². The normalized spacial score (nSPS) is 25.6. The van der Waals surface area contributed by atoms with Crippen molar-refractivity contribution in [1.82, 2.24) is 10.2 Å². The molecule has 0 aromatic heterocycles. The highest BCUT2D eigenvalue weighted by Gasteiger charge is 2.52. The van der Waals surface area contributed by atoms with Crippen LogP contribution in [0.25, 0.3) is 0 Å². The zero-order valence-electron chi connectivity index (χ0n) is 19.5. The van der Waals surface area contributed by atoms with Crippen molar-refractivity contribution in [2.45, 2.75) is 69.2 Å². The van der Waals surface area contributed by atoms with Crippen LogP contribution in [0, 0.1) is 0 Å². The molecule has 1 aromatic carbocycles. The number of hydrogen-bond donors (Lipinski definition) is 3. The molecule has 9 heteroatoms. The summed E-state index contributed by atoms with van der Waals surface area (Å²) in [4.78, 5) is 39.5. The summed E-state index contributed by atoms with van der Waals surface area (Å²) in [5.41, 5.74) is 1.27. The Morgan fingerprint density at radius 3 is 2.65 bits per heavy atom. The Hall–Kier alpha value is -2.91. The third-order valence-corrected chi connectivity index (χ3v) is 7.04. The molecule has 1 saturated carbocycles. The predicted octanol–water partition coefficient (Wildman–Crippen LogP) is 1.31. The van der Waals surface area contributed by atoms with Crippen molar-refractivity contribution >= 4 is 18.1 Å². The lowest BCUT2D eigenvalue weighted by atomic mass is 9.77. The number of amides is 2. The second-order valence-corrected chi connectivity index (χ2v) is 9.00. The van der Waals surface area contributed by atoms with Gasteiger partial charge in [0, 0.05) is 35.7 Å². The molecule has 34 heavy (non-hydrogen) atoms. The number of hydrogen-bond acceptors (Lipinski definition) is 7. The van der Waals surface area contributed by atoms with E-state index in [4.69, 9.17) is 9.47 Å². The number of aliphatic hydroxyl groups excluding tert-OH is 2. The summed E-state index contributed by atoms with van der Waals surface area (Å²) in [7, 11) is 1.46. The second kappa shape index (κ2) is 10.1. The largest absolute Gasteiger partial charge is 0.493 e. The van der Waals surface area contributed by atoms with E-state index in [1.54, 1.807) is 30.0 Å². The molecular weight excluding hydrogens is 440 g/mol. The molecule has 3 aliphatic rings. The number of nitrogens with one attached hydrogen (secondary N) is 1. The van der Waals surface area contributed by atoms with Crippen molar-refractivity contribution in [2.75, 3.05) is 20.3 Å². The van der Waals surface area contributed by atoms with Crippen molar-refractivity contribution in [3.63, 3.8) is 0 Å². The smallest absolute Gasteiger partial charge is 0.247 e. The molecule has 0 bridgehead atoms. The maximum Gasteiger partial charge on any atom is 0.247 e. The summed E-state index contributed by atoms with van der Waals surface area (Å²) < 4.78 is 11.6. The number of aldehydes is 1. The van der Waals surface area contributed by atoms with Gasteiger partial charge in [0.15, 0.2) is 11.5 Å². The number of methoxy groups -OCH3 is 1. The van der Waals surface area contributed by atoms with Crippen molar-refractivity contribution in [2.24, 2.45) is 0 Å². The van der Waals surface area contributed by atoms with Gasteiger partial charge in [0.2, 0.25) is 11.8 Å². The van der Waals surface area contributed by atoms with Crippen LogP contribution >= 0.6 is 0 Å². The summed E-state index contributed by atoms with van der Waals surface area (Å²) in [6, 6.07) is 2.44. The Bertz CT molecular complexity index is 986. The van der Waals surface area contributed by atoms with E-state index in [1.807, 2.05) is 0 Å². The Morgan fingerprint density at radius 1 is 1.29 bits per heavy atom. The number of carbonyl (C=O) groups excluding carboxylic acids is 3. The summed E-state index contributed by atoms with van der Waals surface area (Å²) in [6.07, 6.45) is 4.42. The van der Waals surface area contributed by atoms with Gasteiger partial charge >= 0.3 is 0 Å². The lowest BCUT2D eigenvalue weighted by Gasteiger charge is -2.43. The maximum atomic E-state index is 13.2. The minimum absolute atomic E-state index is 0.0124. The van der Waals surface area contributed by atoms with E-state index in [2.05, 4.69) is 5.32 Å². The number of rotatable bonds is 8. The molecule has 3 N–H and O–H groups in total. The van der Waals surface area contributed by atoms with Gasteiger partial charge in [0.1, 0.15) is 18.5 Å². The lowest BCUT2D eigenvalue weighted by Crippen LogP contribution is -2.58. The fraction of sp³-hybridized carbons (Fsp3) is 0.560. The maximum absolute atomic E-state index is 13.2. The van der Waals surface area contributed by atoms with Crippen LogP contribution in [0.4, 0.5) is 0 Å². The topological polar surface area (TPSA) is 125 Å². The quantitative estimate of drug-likeness (QED) is 0.487. The zero-order chi connectivity index (χ0) is 24.4. The number of aliphatic hydroxyl groups is 2. The Kier molecular flexibility index (Phi) is 7.23. The van der Waals surface area contributed by atoms with Crippen LogP contribution in [0.2, 0.25) is 0 Å². The third-order valence-electron chi connectivity index (χ3n) is 7.04. The Morgan fingerprint density at radius 2 is 2.03 bits per heavy atom. The van der Waals surface area contributed by atoms with E-state index in [9.17, 15) is 24.6 Å². The van der Waals surface area contributed by atoms with Gasteiger partial charge in [-0.15, -0.1) is 0 Å². The first-order valence-electron chi connectivity index (χ1n) is 11.9. The standard InChI is InChI=1S/C25H32N2O7/c1-3-20(30)27(15-6-4-5-7-15)18-12-17(25(32)26-8-9-28)21-16-10-14(13-29)11-19(33-2)23(16)34-24(21)22(18)31/h10-13,15,18,21-22,24,28,31H,3-9H2,1-2H3,(H,26,32). The van der Waals surface area contributed by atoms with Crippen LogP contribution in [-0.2, 0) is 9.59 Å². The molecule has 0 saturated heterocycles. The van der Waals surface area contributed by atoms with Crippen LogP contribution in [-0.4, -0.2) is 77.8 Å². The van der Waals surface area contributed by atoms with E-state index in [0.717, 1.165) is 25.7 Å². The molecule has 4 unspecified atom stereocenters. The minimum atomic E-state index is -1.09. The number of benzene rings is 1. The molecule has 0 radical (unpaired) electrons. The average Bonchev–Trinajstić information content (AvgIpc) is 3.52. The van der Waals surface area contributed by atoms with E-state index in [1.165, 1.54) is 7.11 Å². The molecule has 2 aliphatic carbocycles. The SMILES string of the molecule is CCC(=O)N(C1CCCC1)C1C=C(C(=O)NCCO)C2c3cc(C=O)cc(OC)c3OC2C1O. The fourth-order valence-electron chi connectivity index (χ4n) is 5.51. The van der Waals surface area contributed by atoms with E-state index in [-0.39, 0.29) is 31.5 Å². The molecule has 1 aromatic rings. The van der Waals surface area contributed by atoms with Crippen LogP contribution < -0.4 is 14.8 Å².